The summed E-state index contributed by atoms with van der Waals surface area (Å²) in [5.41, 5.74) is 1.10. The van der Waals surface area contributed by atoms with Crippen LogP contribution in [0.4, 0.5) is 0 Å². The van der Waals surface area contributed by atoms with E-state index in [1.807, 2.05) is 6.07 Å². The van der Waals surface area contributed by atoms with Crippen LogP contribution in [0.5, 0.6) is 0 Å². The van der Waals surface area contributed by atoms with E-state index >= 15 is 0 Å². The highest BCUT2D eigenvalue weighted by molar-refractivity contribution is 6.30. The van der Waals surface area contributed by atoms with E-state index in [4.69, 9.17) is 11.6 Å². The van der Waals surface area contributed by atoms with Gasteiger partial charge in [-0.2, -0.15) is 0 Å². The van der Waals surface area contributed by atoms with Gasteiger partial charge in [-0.1, -0.05) is 41.9 Å². The fourth-order valence-corrected chi connectivity index (χ4v) is 2.10. The molecule has 3 nitrogen and oxygen atoms in total. The molecule has 0 bridgehead atoms. The van der Waals surface area contributed by atoms with Gasteiger partial charge in [0, 0.05) is 17.0 Å². The normalized spacial score (nSPS) is 11.8. The molecule has 2 aromatic carbocycles. The van der Waals surface area contributed by atoms with Gasteiger partial charge in [0.2, 0.25) is 0 Å². The Morgan fingerprint density at radius 1 is 1.00 bits per heavy atom. The topological polar surface area (TPSA) is 54.4 Å². The number of carboxylic acids is 1. The Kier molecular flexibility index (Phi) is 4.53. The number of halogens is 1. The zero-order valence-electron chi connectivity index (χ0n) is 10.6. The average molecular weight is 289 g/mol. The quantitative estimate of drug-likeness (QED) is 0.852. The van der Waals surface area contributed by atoms with Gasteiger partial charge in [0.1, 0.15) is 0 Å². The van der Waals surface area contributed by atoms with Crippen molar-refractivity contribution in [3.63, 3.8) is 0 Å². The second-order valence-electron chi connectivity index (χ2n) is 4.44. The Hall–Kier alpha value is -2.13. The first-order valence-corrected chi connectivity index (χ1v) is 6.52. The predicted octanol–water partition coefficient (Wildman–Crippen LogP) is 3.78. The lowest BCUT2D eigenvalue weighted by atomic mass is 9.92. The maximum atomic E-state index is 12.1. The van der Waals surface area contributed by atoms with Gasteiger partial charge in [-0.25, -0.2) is 0 Å². The van der Waals surface area contributed by atoms with Crippen molar-refractivity contribution in [3.8, 4) is 0 Å². The number of hydrogen-bond acceptors (Lipinski definition) is 2. The first kappa shape index (κ1) is 14.3. The molecule has 0 heterocycles. The predicted molar refractivity (Wildman–Crippen MR) is 77.2 cm³/mol. The first-order valence-electron chi connectivity index (χ1n) is 6.14. The third-order valence-electron chi connectivity index (χ3n) is 3.06. The van der Waals surface area contributed by atoms with Crippen molar-refractivity contribution in [1.82, 2.24) is 0 Å². The number of carboxylic acid groups (broad SMARTS) is 1. The van der Waals surface area contributed by atoms with E-state index in [0.29, 0.717) is 16.1 Å². The molecule has 102 valence electrons. The van der Waals surface area contributed by atoms with Crippen molar-refractivity contribution in [2.24, 2.45) is 0 Å². The minimum absolute atomic E-state index is 0.0685. The maximum absolute atomic E-state index is 12.1. The zero-order chi connectivity index (χ0) is 14.5. The van der Waals surface area contributed by atoms with E-state index < -0.39 is 11.9 Å². The molecule has 0 amide bonds. The standard InChI is InChI=1S/C16H13ClO3/c17-13-8-6-12(7-9-13)15(18)10-14(16(19)20)11-4-2-1-3-5-11/h1-9,14H,10H2,(H,19,20)/t14-/m0/s1. The van der Waals surface area contributed by atoms with Crippen LogP contribution in [0.2, 0.25) is 5.02 Å². The van der Waals surface area contributed by atoms with Crippen LogP contribution in [0.25, 0.3) is 0 Å². The van der Waals surface area contributed by atoms with Crippen LogP contribution in [-0.4, -0.2) is 16.9 Å². The van der Waals surface area contributed by atoms with Crippen LogP contribution in [0.15, 0.2) is 54.6 Å². The molecule has 4 heteroatoms. The molecular formula is C16H13ClO3. The molecule has 2 rings (SSSR count). The summed E-state index contributed by atoms with van der Waals surface area (Å²) in [6.45, 7) is 0. The highest BCUT2D eigenvalue weighted by Crippen LogP contribution is 2.22. The van der Waals surface area contributed by atoms with Gasteiger partial charge >= 0.3 is 5.97 Å². The Bertz CT molecular complexity index is 605. The lowest BCUT2D eigenvalue weighted by molar-refractivity contribution is -0.138. The molecule has 0 saturated carbocycles. The molecule has 0 aliphatic rings. The minimum atomic E-state index is -1.00. The summed E-state index contributed by atoms with van der Waals surface area (Å²) in [6.07, 6.45) is -0.0685. The number of Topliss-reactive ketones (excluding diaryl/α,β-unsaturated/α-hetero) is 1. The van der Waals surface area contributed by atoms with E-state index in [9.17, 15) is 14.7 Å². The molecular weight excluding hydrogens is 276 g/mol. The molecule has 0 aromatic heterocycles. The molecule has 0 aliphatic heterocycles. The third-order valence-corrected chi connectivity index (χ3v) is 3.31. The first-order chi connectivity index (χ1) is 9.58. The van der Waals surface area contributed by atoms with E-state index in [2.05, 4.69) is 0 Å². The van der Waals surface area contributed by atoms with E-state index in [-0.39, 0.29) is 12.2 Å². The van der Waals surface area contributed by atoms with Gasteiger partial charge in [0.15, 0.2) is 5.78 Å². The van der Waals surface area contributed by atoms with Gasteiger partial charge < -0.3 is 5.11 Å². The van der Waals surface area contributed by atoms with Crippen molar-refractivity contribution >= 4 is 23.4 Å². The molecule has 0 radical (unpaired) electrons. The number of aliphatic carboxylic acids is 1. The summed E-state index contributed by atoms with van der Waals surface area (Å²) in [7, 11) is 0. The van der Waals surface area contributed by atoms with Crippen LogP contribution in [0.1, 0.15) is 28.3 Å². The summed E-state index contributed by atoms with van der Waals surface area (Å²) >= 11 is 5.76. The molecule has 1 atom stereocenters. The Balaban J connectivity index is 2.19. The van der Waals surface area contributed by atoms with Gasteiger partial charge in [-0.3, -0.25) is 9.59 Å². The molecule has 0 saturated heterocycles. The lowest BCUT2D eigenvalue weighted by Gasteiger charge is -2.12. The van der Waals surface area contributed by atoms with Crippen molar-refractivity contribution in [3.05, 3.63) is 70.7 Å². The highest BCUT2D eigenvalue weighted by atomic mass is 35.5. The monoisotopic (exact) mass is 288 g/mol. The number of hydrogen-bond donors (Lipinski definition) is 1. The summed E-state index contributed by atoms with van der Waals surface area (Å²) in [5, 5.41) is 9.83. The number of benzene rings is 2. The van der Waals surface area contributed by atoms with Gasteiger partial charge in [-0.05, 0) is 29.8 Å². The smallest absolute Gasteiger partial charge is 0.311 e. The molecule has 20 heavy (non-hydrogen) atoms. The van der Waals surface area contributed by atoms with Crippen LogP contribution in [0, 0.1) is 0 Å². The number of rotatable bonds is 5. The van der Waals surface area contributed by atoms with Crippen LogP contribution in [-0.2, 0) is 4.79 Å². The van der Waals surface area contributed by atoms with Crippen LogP contribution < -0.4 is 0 Å². The summed E-state index contributed by atoms with van der Waals surface area (Å²) in [5.74, 6) is -2.05. The summed E-state index contributed by atoms with van der Waals surface area (Å²) < 4.78 is 0. The maximum Gasteiger partial charge on any atom is 0.311 e. The SMILES string of the molecule is O=C(C[C@H](C(=O)O)c1ccccc1)c1ccc(Cl)cc1. The van der Waals surface area contributed by atoms with Crippen LogP contribution in [0.3, 0.4) is 0 Å². The minimum Gasteiger partial charge on any atom is -0.481 e. The van der Waals surface area contributed by atoms with Gasteiger partial charge in [0.25, 0.3) is 0 Å². The molecule has 0 fully saturated rings. The fraction of sp³-hybridized carbons (Fsp3) is 0.125. The number of carbonyl (C=O) groups is 2. The van der Waals surface area contributed by atoms with Crippen molar-refractivity contribution in [1.29, 1.82) is 0 Å². The molecule has 2 aromatic rings. The average Bonchev–Trinajstić information content (AvgIpc) is 2.46. The van der Waals surface area contributed by atoms with Crippen molar-refractivity contribution in [2.75, 3.05) is 0 Å². The molecule has 0 unspecified atom stereocenters. The van der Waals surface area contributed by atoms with Crippen molar-refractivity contribution in [2.45, 2.75) is 12.3 Å². The number of carbonyl (C=O) groups excluding carboxylic acids is 1. The fourth-order valence-electron chi connectivity index (χ4n) is 1.97. The summed E-state index contributed by atoms with van der Waals surface area (Å²) in [6, 6.07) is 15.2. The van der Waals surface area contributed by atoms with E-state index in [0.717, 1.165) is 0 Å². The van der Waals surface area contributed by atoms with Gasteiger partial charge in [-0.15, -0.1) is 0 Å². The second-order valence-corrected chi connectivity index (χ2v) is 4.87. The lowest BCUT2D eigenvalue weighted by Crippen LogP contribution is -2.16. The van der Waals surface area contributed by atoms with E-state index in [1.165, 1.54) is 0 Å². The molecule has 1 N–H and O–H groups in total. The summed E-state index contributed by atoms with van der Waals surface area (Å²) in [4.78, 5) is 23.5. The number of ketones is 1. The Morgan fingerprint density at radius 2 is 1.60 bits per heavy atom. The third kappa shape index (κ3) is 3.45. The van der Waals surface area contributed by atoms with Crippen LogP contribution >= 0.6 is 11.6 Å². The molecule has 0 aliphatic carbocycles. The van der Waals surface area contributed by atoms with Gasteiger partial charge in [0.05, 0.1) is 5.92 Å². The Morgan fingerprint density at radius 3 is 2.15 bits per heavy atom. The largest absolute Gasteiger partial charge is 0.481 e. The second kappa shape index (κ2) is 6.35. The van der Waals surface area contributed by atoms with E-state index in [1.54, 1.807) is 48.5 Å². The highest BCUT2D eigenvalue weighted by Gasteiger charge is 2.23. The Labute approximate surface area is 121 Å². The van der Waals surface area contributed by atoms with Crippen molar-refractivity contribution < 1.29 is 14.7 Å². The molecule has 0 spiro atoms. The zero-order valence-corrected chi connectivity index (χ0v) is 11.4.